The zero-order valence-electron chi connectivity index (χ0n) is 13.8. The van der Waals surface area contributed by atoms with Crippen LogP contribution in [0.5, 0.6) is 0 Å². The van der Waals surface area contributed by atoms with E-state index in [0.717, 1.165) is 45.7 Å². The molecule has 3 atom stereocenters. The maximum atomic E-state index is 12.5. The monoisotopic (exact) mass is 309 g/mol. The second kappa shape index (κ2) is 7.28. The van der Waals surface area contributed by atoms with Crippen LogP contribution in [0, 0.1) is 17.8 Å². The Kier molecular flexibility index (Phi) is 5.37. The fourth-order valence-electron chi connectivity index (χ4n) is 4.54. The summed E-state index contributed by atoms with van der Waals surface area (Å²) < 4.78 is 5.38. The normalized spacial score (nSPS) is 37.5. The van der Waals surface area contributed by atoms with Crippen molar-refractivity contribution in [2.24, 2.45) is 23.5 Å². The molecule has 1 saturated heterocycles. The Morgan fingerprint density at radius 2 is 1.91 bits per heavy atom. The van der Waals surface area contributed by atoms with Crippen molar-refractivity contribution in [2.45, 2.75) is 51.1 Å². The molecule has 1 amide bonds. The number of carbonyl (C=O) groups excluding carboxylic acids is 1. The van der Waals surface area contributed by atoms with Crippen LogP contribution >= 0.6 is 0 Å². The van der Waals surface area contributed by atoms with Crippen LogP contribution in [0.1, 0.15) is 39.0 Å². The van der Waals surface area contributed by atoms with E-state index in [1.54, 1.807) is 0 Å². The maximum Gasteiger partial charge on any atom is 0.223 e. The fourth-order valence-corrected chi connectivity index (χ4v) is 4.54. The van der Waals surface area contributed by atoms with Gasteiger partial charge in [-0.15, -0.1) is 0 Å². The van der Waals surface area contributed by atoms with E-state index in [1.807, 2.05) is 0 Å². The largest absolute Gasteiger partial charge is 0.379 e. The summed E-state index contributed by atoms with van der Waals surface area (Å²) in [7, 11) is 0. The highest BCUT2D eigenvalue weighted by molar-refractivity contribution is 5.78. The van der Waals surface area contributed by atoms with Crippen LogP contribution in [0.15, 0.2) is 0 Å². The average Bonchev–Trinajstić information content (AvgIpc) is 2.53. The SMILES string of the molecule is CC(CNC(=O)C1CC2CCCC(C1)C2N)N1CCOCC1. The van der Waals surface area contributed by atoms with E-state index < -0.39 is 0 Å². The molecule has 2 bridgehead atoms. The molecule has 1 aliphatic heterocycles. The Hall–Kier alpha value is -0.650. The lowest BCUT2D eigenvalue weighted by molar-refractivity contribution is -0.128. The molecule has 0 aromatic carbocycles. The van der Waals surface area contributed by atoms with Gasteiger partial charge in [-0.1, -0.05) is 6.42 Å². The predicted molar refractivity (Wildman–Crippen MR) is 86.4 cm³/mol. The van der Waals surface area contributed by atoms with Crippen molar-refractivity contribution in [1.29, 1.82) is 0 Å². The second-order valence-electron chi connectivity index (χ2n) is 7.44. The van der Waals surface area contributed by atoms with Gasteiger partial charge in [-0.05, 0) is 44.4 Å². The van der Waals surface area contributed by atoms with Crippen LogP contribution in [0.25, 0.3) is 0 Å². The third kappa shape index (κ3) is 3.63. The molecule has 0 radical (unpaired) electrons. The number of rotatable bonds is 4. The number of carbonyl (C=O) groups is 1. The van der Waals surface area contributed by atoms with Gasteiger partial charge in [0.15, 0.2) is 0 Å². The molecule has 0 aromatic rings. The van der Waals surface area contributed by atoms with Crippen molar-refractivity contribution in [3.63, 3.8) is 0 Å². The number of nitrogens with zero attached hydrogens (tertiary/aromatic N) is 1. The first-order chi connectivity index (χ1) is 10.6. The molecular weight excluding hydrogens is 278 g/mol. The quantitative estimate of drug-likeness (QED) is 0.812. The molecule has 0 aromatic heterocycles. The number of ether oxygens (including phenoxy) is 1. The number of nitrogens with two attached hydrogens (primary N) is 1. The summed E-state index contributed by atoms with van der Waals surface area (Å²) in [5, 5.41) is 3.19. The molecule has 5 heteroatoms. The number of hydrogen-bond donors (Lipinski definition) is 2. The highest BCUT2D eigenvalue weighted by atomic mass is 16.5. The zero-order chi connectivity index (χ0) is 15.5. The van der Waals surface area contributed by atoms with Gasteiger partial charge in [0, 0.05) is 37.6 Å². The van der Waals surface area contributed by atoms with Gasteiger partial charge in [-0.2, -0.15) is 0 Å². The number of fused-ring (bicyclic) bond motifs is 2. The first-order valence-electron chi connectivity index (χ1n) is 9.00. The molecule has 3 unspecified atom stereocenters. The van der Waals surface area contributed by atoms with E-state index in [0.29, 0.717) is 23.9 Å². The highest BCUT2D eigenvalue weighted by Gasteiger charge is 2.40. The van der Waals surface area contributed by atoms with Crippen molar-refractivity contribution in [3.05, 3.63) is 0 Å². The molecule has 1 heterocycles. The Bertz CT molecular complexity index is 370. The molecule has 0 spiro atoms. The van der Waals surface area contributed by atoms with Crippen molar-refractivity contribution in [3.8, 4) is 0 Å². The Labute approximate surface area is 133 Å². The molecule has 2 aliphatic carbocycles. The van der Waals surface area contributed by atoms with Crippen molar-refractivity contribution < 1.29 is 9.53 Å². The van der Waals surface area contributed by atoms with Gasteiger partial charge in [0.05, 0.1) is 13.2 Å². The van der Waals surface area contributed by atoms with Crippen LogP contribution in [0.4, 0.5) is 0 Å². The topological polar surface area (TPSA) is 67.6 Å². The Balaban J connectivity index is 1.45. The standard InChI is InChI=1S/C17H31N3O2/c1-12(20-5-7-22-8-6-20)11-19-17(21)15-9-13-3-2-4-14(10-15)16(13)18/h12-16H,2-11,18H2,1H3,(H,19,21). The maximum absolute atomic E-state index is 12.5. The van der Waals surface area contributed by atoms with Gasteiger partial charge >= 0.3 is 0 Å². The minimum Gasteiger partial charge on any atom is -0.379 e. The third-order valence-corrected chi connectivity index (χ3v) is 6.02. The van der Waals surface area contributed by atoms with Crippen LogP contribution in [-0.4, -0.2) is 55.7 Å². The summed E-state index contributed by atoms with van der Waals surface area (Å²) in [5.74, 6) is 1.58. The Morgan fingerprint density at radius 3 is 2.55 bits per heavy atom. The van der Waals surface area contributed by atoms with Crippen molar-refractivity contribution >= 4 is 5.91 Å². The predicted octanol–water partition coefficient (Wildman–Crippen LogP) is 0.977. The summed E-state index contributed by atoms with van der Waals surface area (Å²) in [6, 6.07) is 0.725. The minimum absolute atomic E-state index is 0.187. The summed E-state index contributed by atoms with van der Waals surface area (Å²) in [4.78, 5) is 14.9. The van der Waals surface area contributed by atoms with E-state index in [9.17, 15) is 4.79 Å². The molecule has 22 heavy (non-hydrogen) atoms. The molecule has 3 fully saturated rings. The van der Waals surface area contributed by atoms with E-state index in [-0.39, 0.29) is 11.8 Å². The van der Waals surface area contributed by atoms with E-state index in [1.165, 1.54) is 19.3 Å². The lowest BCUT2D eigenvalue weighted by Gasteiger charge is -2.43. The molecule has 3 aliphatic rings. The first-order valence-corrected chi connectivity index (χ1v) is 9.00. The molecule has 2 saturated carbocycles. The first kappa shape index (κ1) is 16.2. The number of nitrogens with one attached hydrogen (secondary N) is 1. The van der Waals surface area contributed by atoms with Crippen LogP contribution in [0.3, 0.4) is 0 Å². The van der Waals surface area contributed by atoms with Gasteiger partial charge in [-0.3, -0.25) is 9.69 Å². The fraction of sp³-hybridized carbons (Fsp3) is 0.941. The smallest absolute Gasteiger partial charge is 0.223 e. The van der Waals surface area contributed by atoms with Gasteiger partial charge in [0.2, 0.25) is 5.91 Å². The minimum atomic E-state index is 0.187. The summed E-state index contributed by atoms with van der Waals surface area (Å²) >= 11 is 0. The summed E-state index contributed by atoms with van der Waals surface area (Å²) in [6.45, 7) is 6.50. The van der Waals surface area contributed by atoms with E-state index in [2.05, 4.69) is 17.1 Å². The van der Waals surface area contributed by atoms with Crippen molar-refractivity contribution in [1.82, 2.24) is 10.2 Å². The highest BCUT2D eigenvalue weighted by Crippen LogP contribution is 2.41. The second-order valence-corrected chi connectivity index (χ2v) is 7.44. The van der Waals surface area contributed by atoms with Crippen LogP contribution < -0.4 is 11.1 Å². The van der Waals surface area contributed by atoms with Crippen molar-refractivity contribution in [2.75, 3.05) is 32.8 Å². The molecular formula is C17H31N3O2. The lowest BCUT2D eigenvalue weighted by Crippen LogP contribution is -2.51. The van der Waals surface area contributed by atoms with Crippen LogP contribution in [0.2, 0.25) is 0 Å². The van der Waals surface area contributed by atoms with E-state index >= 15 is 0 Å². The lowest BCUT2D eigenvalue weighted by atomic mass is 9.65. The third-order valence-electron chi connectivity index (χ3n) is 6.02. The Morgan fingerprint density at radius 1 is 1.27 bits per heavy atom. The molecule has 3 N–H and O–H groups in total. The van der Waals surface area contributed by atoms with Crippen LogP contribution in [-0.2, 0) is 9.53 Å². The molecule has 3 rings (SSSR count). The summed E-state index contributed by atoms with van der Waals surface area (Å²) in [5.41, 5.74) is 6.32. The summed E-state index contributed by atoms with van der Waals surface area (Å²) in [6.07, 6.45) is 5.72. The zero-order valence-corrected chi connectivity index (χ0v) is 13.8. The molecule has 5 nitrogen and oxygen atoms in total. The van der Waals surface area contributed by atoms with Gasteiger partial charge in [0.1, 0.15) is 0 Å². The number of hydrogen-bond acceptors (Lipinski definition) is 4. The van der Waals surface area contributed by atoms with Gasteiger partial charge in [-0.25, -0.2) is 0 Å². The molecule has 126 valence electrons. The van der Waals surface area contributed by atoms with E-state index in [4.69, 9.17) is 10.5 Å². The number of morpholine rings is 1. The number of amides is 1. The van der Waals surface area contributed by atoms with Gasteiger partial charge < -0.3 is 15.8 Å². The average molecular weight is 309 g/mol. The van der Waals surface area contributed by atoms with Gasteiger partial charge in [0.25, 0.3) is 0 Å².